The molecule has 0 radical (unpaired) electrons. The molecule has 3 rings (SSSR count). The first-order chi connectivity index (χ1) is 8.34. The highest BCUT2D eigenvalue weighted by Gasteiger charge is 2.27. The number of thiophene rings is 1. The second kappa shape index (κ2) is 4.51. The Balaban J connectivity index is 1.80. The van der Waals surface area contributed by atoms with Crippen LogP contribution in [0.2, 0.25) is 0 Å². The number of para-hydroxylation sites is 1. The molecule has 3 heteroatoms. The van der Waals surface area contributed by atoms with Crippen LogP contribution in [-0.2, 0) is 6.42 Å². The first kappa shape index (κ1) is 10.8. The van der Waals surface area contributed by atoms with E-state index in [-0.39, 0.29) is 5.92 Å². The molecule has 0 spiro atoms. The highest BCUT2D eigenvalue weighted by atomic mass is 32.1. The average molecular weight is 246 g/mol. The summed E-state index contributed by atoms with van der Waals surface area (Å²) >= 11 is 1.60. The topological polar surface area (TPSA) is 29.5 Å². The minimum atomic E-state index is -0.414. The molecule has 0 bridgehead atoms. The molecule has 1 aliphatic heterocycles. The molecular weight excluding hydrogens is 232 g/mol. The highest BCUT2D eigenvalue weighted by Crippen LogP contribution is 2.34. The van der Waals surface area contributed by atoms with E-state index in [4.69, 9.17) is 4.74 Å². The van der Waals surface area contributed by atoms with Crippen molar-refractivity contribution in [3.63, 3.8) is 0 Å². The maximum atomic E-state index is 10.3. The normalized spacial score (nSPS) is 20.4. The summed E-state index contributed by atoms with van der Waals surface area (Å²) in [6.45, 7) is 0.593. The minimum absolute atomic E-state index is 0.156. The van der Waals surface area contributed by atoms with Crippen LogP contribution in [0.25, 0.3) is 0 Å². The Bertz CT molecular complexity index is 493. The number of fused-ring (bicyclic) bond motifs is 1. The van der Waals surface area contributed by atoms with Crippen molar-refractivity contribution in [1.29, 1.82) is 0 Å². The molecule has 0 saturated heterocycles. The Morgan fingerprint density at radius 2 is 2.12 bits per heavy atom. The zero-order valence-electron chi connectivity index (χ0n) is 9.37. The Kier molecular flexibility index (Phi) is 2.87. The maximum absolute atomic E-state index is 10.3. The molecule has 0 saturated carbocycles. The summed E-state index contributed by atoms with van der Waals surface area (Å²) in [6.07, 6.45) is 0.471. The quantitative estimate of drug-likeness (QED) is 0.882. The highest BCUT2D eigenvalue weighted by molar-refractivity contribution is 7.10. The molecule has 0 amide bonds. The van der Waals surface area contributed by atoms with Gasteiger partial charge in [0.1, 0.15) is 5.75 Å². The molecule has 2 nitrogen and oxygen atoms in total. The molecule has 2 aromatic rings. The van der Waals surface area contributed by atoms with Gasteiger partial charge >= 0.3 is 0 Å². The Morgan fingerprint density at radius 3 is 2.94 bits per heavy atom. The van der Waals surface area contributed by atoms with Gasteiger partial charge in [-0.2, -0.15) is 0 Å². The van der Waals surface area contributed by atoms with Crippen molar-refractivity contribution in [3.8, 4) is 5.75 Å². The van der Waals surface area contributed by atoms with Crippen molar-refractivity contribution >= 4 is 11.3 Å². The SMILES string of the molecule is OC(c1cccs1)C1COc2ccccc2C1. The van der Waals surface area contributed by atoms with Crippen LogP contribution < -0.4 is 4.74 Å². The lowest BCUT2D eigenvalue weighted by molar-refractivity contribution is 0.0670. The van der Waals surface area contributed by atoms with Gasteiger partial charge in [-0.25, -0.2) is 0 Å². The third kappa shape index (κ3) is 2.08. The van der Waals surface area contributed by atoms with E-state index in [1.54, 1.807) is 11.3 Å². The summed E-state index contributed by atoms with van der Waals surface area (Å²) in [7, 11) is 0. The van der Waals surface area contributed by atoms with E-state index in [0.717, 1.165) is 17.0 Å². The van der Waals surface area contributed by atoms with Crippen LogP contribution in [0.15, 0.2) is 41.8 Å². The zero-order chi connectivity index (χ0) is 11.7. The molecule has 1 aromatic carbocycles. The Labute approximate surface area is 104 Å². The number of hydrogen-bond donors (Lipinski definition) is 1. The monoisotopic (exact) mass is 246 g/mol. The third-order valence-corrected chi connectivity index (χ3v) is 4.13. The van der Waals surface area contributed by atoms with Gasteiger partial charge in [-0.05, 0) is 29.5 Å². The molecule has 88 valence electrons. The maximum Gasteiger partial charge on any atom is 0.122 e. The van der Waals surface area contributed by atoms with E-state index in [2.05, 4.69) is 6.07 Å². The van der Waals surface area contributed by atoms with Crippen molar-refractivity contribution < 1.29 is 9.84 Å². The second-order valence-electron chi connectivity index (χ2n) is 4.34. The predicted molar refractivity (Wildman–Crippen MR) is 68.4 cm³/mol. The van der Waals surface area contributed by atoms with Crippen LogP contribution in [0.5, 0.6) is 5.75 Å². The van der Waals surface area contributed by atoms with Crippen molar-refractivity contribution in [3.05, 3.63) is 52.2 Å². The fourth-order valence-corrected chi connectivity index (χ4v) is 3.05. The number of rotatable bonds is 2. The molecule has 0 aliphatic carbocycles. The van der Waals surface area contributed by atoms with Gasteiger partial charge in [-0.3, -0.25) is 0 Å². The largest absolute Gasteiger partial charge is 0.493 e. The number of hydrogen-bond acceptors (Lipinski definition) is 3. The lowest BCUT2D eigenvalue weighted by Crippen LogP contribution is -2.26. The standard InChI is InChI=1S/C14H14O2S/c15-14(13-6-3-7-17-13)11-8-10-4-1-2-5-12(10)16-9-11/h1-7,11,14-15H,8-9H2. The van der Waals surface area contributed by atoms with E-state index in [1.807, 2.05) is 35.7 Å². The smallest absolute Gasteiger partial charge is 0.122 e. The van der Waals surface area contributed by atoms with Gasteiger partial charge in [-0.15, -0.1) is 11.3 Å². The predicted octanol–water partition coefficient (Wildman–Crippen LogP) is 3.03. The van der Waals surface area contributed by atoms with Gasteiger partial charge in [0.05, 0.1) is 12.7 Å². The molecule has 1 N–H and O–H groups in total. The van der Waals surface area contributed by atoms with Crippen molar-refractivity contribution in [2.24, 2.45) is 5.92 Å². The van der Waals surface area contributed by atoms with E-state index in [0.29, 0.717) is 6.61 Å². The van der Waals surface area contributed by atoms with Gasteiger partial charge in [-0.1, -0.05) is 24.3 Å². The first-order valence-electron chi connectivity index (χ1n) is 5.77. The molecule has 2 heterocycles. The Hall–Kier alpha value is -1.32. The van der Waals surface area contributed by atoms with Crippen LogP contribution in [0.4, 0.5) is 0 Å². The average Bonchev–Trinajstić information content (AvgIpc) is 2.91. The van der Waals surface area contributed by atoms with Crippen LogP contribution in [-0.4, -0.2) is 11.7 Å². The second-order valence-corrected chi connectivity index (χ2v) is 5.32. The summed E-state index contributed by atoms with van der Waals surface area (Å²) < 4.78 is 5.70. The first-order valence-corrected chi connectivity index (χ1v) is 6.65. The van der Waals surface area contributed by atoms with Gasteiger partial charge in [0, 0.05) is 10.8 Å². The lowest BCUT2D eigenvalue weighted by atomic mass is 9.91. The van der Waals surface area contributed by atoms with Crippen LogP contribution in [0.3, 0.4) is 0 Å². The van der Waals surface area contributed by atoms with E-state index < -0.39 is 6.10 Å². The van der Waals surface area contributed by atoms with Crippen molar-refractivity contribution in [2.75, 3.05) is 6.61 Å². The van der Waals surface area contributed by atoms with Crippen LogP contribution in [0.1, 0.15) is 16.5 Å². The van der Waals surface area contributed by atoms with Crippen molar-refractivity contribution in [2.45, 2.75) is 12.5 Å². The van der Waals surface area contributed by atoms with E-state index >= 15 is 0 Å². The zero-order valence-corrected chi connectivity index (χ0v) is 10.2. The molecule has 0 fully saturated rings. The number of ether oxygens (including phenoxy) is 1. The fourth-order valence-electron chi connectivity index (χ4n) is 2.25. The van der Waals surface area contributed by atoms with Crippen molar-refractivity contribution in [1.82, 2.24) is 0 Å². The summed E-state index contributed by atoms with van der Waals surface area (Å²) in [5.74, 6) is 1.12. The molecule has 2 atom stereocenters. The molecule has 2 unspecified atom stereocenters. The third-order valence-electron chi connectivity index (χ3n) is 3.19. The van der Waals surface area contributed by atoms with Gasteiger partial charge < -0.3 is 9.84 Å². The number of aliphatic hydroxyl groups excluding tert-OH is 1. The van der Waals surface area contributed by atoms with Crippen LogP contribution in [0, 0.1) is 5.92 Å². The van der Waals surface area contributed by atoms with E-state index in [9.17, 15) is 5.11 Å². The fraction of sp³-hybridized carbons (Fsp3) is 0.286. The summed E-state index contributed by atoms with van der Waals surface area (Å²) in [6, 6.07) is 12.0. The molecule has 1 aromatic heterocycles. The van der Waals surface area contributed by atoms with Gasteiger partial charge in [0.15, 0.2) is 0 Å². The van der Waals surface area contributed by atoms with Crippen LogP contribution >= 0.6 is 11.3 Å². The van der Waals surface area contributed by atoms with E-state index in [1.165, 1.54) is 5.56 Å². The summed E-state index contributed by atoms with van der Waals surface area (Å²) in [5.41, 5.74) is 1.19. The number of benzene rings is 1. The Morgan fingerprint density at radius 1 is 1.24 bits per heavy atom. The van der Waals surface area contributed by atoms with Gasteiger partial charge in [0.25, 0.3) is 0 Å². The minimum Gasteiger partial charge on any atom is -0.493 e. The number of aliphatic hydroxyl groups is 1. The summed E-state index contributed by atoms with van der Waals surface area (Å²) in [4.78, 5) is 1.03. The molecule has 1 aliphatic rings. The lowest BCUT2D eigenvalue weighted by Gasteiger charge is -2.28. The summed E-state index contributed by atoms with van der Waals surface area (Å²) in [5, 5.41) is 12.3. The molecular formula is C14H14O2S. The van der Waals surface area contributed by atoms with Gasteiger partial charge in [0.2, 0.25) is 0 Å². The molecule has 17 heavy (non-hydrogen) atoms.